The molecule has 3 aliphatic rings. The molecule has 2 heterocycles. The van der Waals surface area contributed by atoms with Crippen molar-refractivity contribution in [3.8, 4) is 0 Å². The minimum atomic E-state index is -2.55. The zero-order valence-corrected chi connectivity index (χ0v) is 19.5. The summed E-state index contributed by atoms with van der Waals surface area (Å²) in [7, 11) is 0. The van der Waals surface area contributed by atoms with Crippen LogP contribution < -0.4 is 0 Å². The molecule has 29 heavy (non-hydrogen) atoms. The molecule has 0 aromatic carbocycles. The Kier molecular flexibility index (Phi) is 6.38. The van der Waals surface area contributed by atoms with Gasteiger partial charge in [-0.3, -0.25) is 9.80 Å². The third kappa shape index (κ3) is 5.31. The van der Waals surface area contributed by atoms with Crippen LogP contribution in [-0.2, 0) is 0 Å². The Balaban J connectivity index is 1.72. The van der Waals surface area contributed by atoms with Gasteiger partial charge in [-0.1, -0.05) is 31.2 Å². The second-order valence-electron chi connectivity index (χ2n) is 11.6. The third-order valence-electron chi connectivity index (χ3n) is 7.76. The van der Waals surface area contributed by atoms with Crippen molar-refractivity contribution in [2.75, 3.05) is 19.6 Å². The smallest absolute Gasteiger partial charge is 0.250 e. The van der Waals surface area contributed by atoms with Gasteiger partial charge in [0.1, 0.15) is 0 Å². The number of alkyl halides is 2. The quantitative estimate of drug-likeness (QED) is 0.539. The highest BCUT2D eigenvalue weighted by Gasteiger charge is 2.51. The molecule has 0 aromatic rings. The SMILES string of the molecule is CC1([C@H]2CC(F)(F)CCN2C(C)(C)CC2CCN(C(C)(C)C)CC2)C=CC=CC1. The maximum atomic E-state index is 14.5. The lowest BCUT2D eigenvalue weighted by atomic mass is 9.70. The van der Waals surface area contributed by atoms with Crippen molar-refractivity contribution in [3.05, 3.63) is 24.3 Å². The Bertz CT molecular complexity index is 623. The van der Waals surface area contributed by atoms with Crippen molar-refractivity contribution in [1.82, 2.24) is 9.80 Å². The first-order chi connectivity index (χ1) is 13.3. The molecule has 0 N–H and O–H groups in total. The molecule has 2 nitrogen and oxygen atoms in total. The number of rotatable bonds is 4. The van der Waals surface area contributed by atoms with Crippen LogP contribution in [0, 0.1) is 11.3 Å². The fourth-order valence-electron chi connectivity index (χ4n) is 5.87. The van der Waals surface area contributed by atoms with Crippen LogP contribution in [0.5, 0.6) is 0 Å². The maximum absolute atomic E-state index is 14.5. The second kappa shape index (κ2) is 8.07. The number of halogens is 2. The molecule has 2 saturated heterocycles. The van der Waals surface area contributed by atoms with Gasteiger partial charge in [0.2, 0.25) is 0 Å². The van der Waals surface area contributed by atoms with E-state index in [0.717, 1.165) is 25.9 Å². The minimum Gasteiger partial charge on any atom is -0.298 e. The van der Waals surface area contributed by atoms with Crippen LogP contribution in [0.15, 0.2) is 24.3 Å². The Labute approximate surface area is 177 Å². The summed E-state index contributed by atoms with van der Waals surface area (Å²) >= 11 is 0. The molecule has 0 radical (unpaired) electrons. The van der Waals surface area contributed by atoms with Crippen LogP contribution in [0.4, 0.5) is 8.78 Å². The Morgan fingerprint density at radius 2 is 1.66 bits per heavy atom. The molecule has 0 spiro atoms. The van der Waals surface area contributed by atoms with Crippen LogP contribution in [0.2, 0.25) is 0 Å². The van der Waals surface area contributed by atoms with Crippen molar-refractivity contribution in [3.63, 3.8) is 0 Å². The van der Waals surface area contributed by atoms with Crippen molar-refractivity contribution < 1.29 is 8.78 Å². The van der Waals surface area contributed by atoms with E-state index in [-0.39, 0.29) is 35.4 Å². The normalized spacial score (nSPS) is 32.6. The summed E-state index contributed by atoms with van der Waals surface area (Å²) in [4.78, 5) is 5.03. The molecule has 1 aliphatic carbocycles. The molecule has 2 aliphatic heterocycles. The zero-order chi connectivity index (χ0) is 21.5. The van der Waals surface area contributed by atoms with E-state index >= 15 is 0 Å². The minimum absolute atomic E-state index is 0.00890. The number of hydrogen-bond donors (Lipinski definition) is 0. The van der Waals surface area contributed by atoms with Gasteiger partial charge in [-0.25, -0.2) is 8.78 Å². The average molecular weight is 409 g/mol. The summed E-state index contributed by atoms with van der Waals surface area (Å²) in [6.07, 6.45) is 12.8. The molecule has 0 saturated carbocycles. The summed E-state index contributed by atoms with van der Waals surface area (Å²) in [5.74, 6) is -1.87. The average Bonchev–Trinajstić information content (AvgIpc) is 2.60. The van der Waals surface area contributed by atoms with Gasteiger partial charge in [0, 0.05) is 41.9 Å². The molecular weight excluding hydrogens is 366 g/mol. The highest BCUT2D eigenvalue weighted by Crippen LogP contribution is 2.47. The summed E-state index contributed by atoms with van der Waals surface area (Å²) in [5, 5.41) is 0. The summed E-state index contributed by atoms with van der Waals surface area (Å²) < 4.78 is 29.0. The van der Waals surface area contributed by atoms with Gasteiger partial charge in [-0.2, -0.15) is 0 Å². The Morgan fingerprint density at radius 3 is 2.21 bits per heavy atom. The van der Waals surface area contributed by atoms with Gasteiger partial charge < -0.3 is 0 Å². The van der Waals surface area contributed by atoms with E-state index in [1.165, 1.54) is 12.8 Å². The molecular formula is C25H42F2N2. The largest absolute Gasteiger partial charge is 0.298 e. The van der Waals surface area contributed by atoms with E-state index in [2.05, 4.69) is 63.5 Å². The number of likely N-dealkylation sites (tertiary alicyclic amines) is 2. The van der Waals surface area contributed by atoms with E-state index in [1.54, 1.807) is 0 Å². The number of nitrogens with zero attached hydrogens (tertiary/aromatic N) is 2. The van der Waals surface area contributed by atoms with Crippen molar-refractivity contribution >= 4 is 0 Å². The molecule has 166 valence electrons. The predicted molar refractivity (Wildman–Crippen MR) is 118 cm³/mol. The molecule has 0 aromatic heterocycles. The first-order valence-corrected chi connectivity index (χ1v) is 11.6. The van der Waals surface area contributed by atoms with E-state index in [1.807, 2.05) is 12.2 Å². The van der Waals surface area contributed by atoms with E-state index in [4.69, 9.17) is 0 Å². The molecule has 4 heteroatoms. The fraction of sp³-hybridized carbons (Fsp3) is 0.840. The van der Waals surface area contributed by atoms with Crippen LogP contribution in [0.1, 0.15) is 80.1 Å². The molecule has 1 unspecified atom stereocenters. The first-order valence-electron chi connectivity index (χ1n) is 11.6. The van der Waals surface area contributed by atoms with Gasteiger partial charge in [0.25, 0.3) is 5.92 Å². The van der Waals surface area contributed by atoms with Crippen molar-refractivity contribution in [2.45, 2.75) is 103 Å². The van der Waals surface area contributed by atoms with Gasteiger partial charge in [-0.05, 0) is 79.3 Å². The number of allylic oxidation sites excluding steroid dienone is 3. The lowest BCUT2D eigenvalue weighted by Gasteiger charge is -2.55. The van der Waals surface area contributed by atoms with Gasteiger partial charge in [0.05, 0.1) is 0 Å². The van der Waals surface area contributed by atoms with Gasteiger partial charge >= 0.3 is 0 Å². The molecule has 0 bridgehead atoms. The molecule has 3 rings (SSSR count). The van der Waals surface area contributed by atoms with Gasteiger partial charge in [0.15, 0.2) is 0 Å². The van der Waals surface area contributed by atoms with E-state index in [9.17, 15) is 8.78 Å². The summed E-state index contributed by atoms with van der Waals surface area (Å²) in [6, 6.07) is -0.114. The van der Waals surface area contributed by atoms with Crippen molar-refractivity contribution in [1.29, 1.82) is 0 Å². The van der Waals surface area contributed by atoms with Gasteiger partial charge in [-0.15, -0.1) is 0 Å². The number of piperidine rings is 2. The topological polar surface area (TPSA) is 6.48 Å². The third-order valence-corrected chi connectivity index (χ3v) is 7.76. The second-order valence-corrected chi connectivity index (χ2v) is 11.6. The highest BCUT2D eigenvalue weighted by molar-refractivity contribution is 5.20. The zero-order valence-electron chi connectivity index (χ0n) is 19.5. The van der Waals surface area contributed by atoms with Crippen LogP contribution in [0.25, 0.3) is 0 Å². The van der Waals surface area contributed by atoms with E-state index < -0.39 is 5.92 Å². The first kappa shape index (κ1) is 22.9. The van der Waals surface area contributed by atoms with Crippen LogP contribution >= 0.6 is 0 Å². The van der Waals surface area contributed by atoms with Crippen LogP contribution in [-0.4, -0.2) is 52.5 Å². The summed E-state index contributed by atoms with van der Waals surface area (Å²) in [6.45, 7) is 16.4. The van der Waals surface area contributed by atoms with Crippen LogP contribution in [0.3, 0.4) is 0 Å². The Hall–Kier alpha value is -0.740. The Morgan fingerprint density at radius 1 is 1.00 bits per heavy atom. The van der Waals surface area contributed by atoms with Crippen molar-refractivity contribution in [2.24, 2.45) is 11.3 Å². The van der Waals surface area contributed by atoms with E-state index in [0.29, 0.717) is 12.5 Å². The lowest BCUT2D eigenvalue weighted by Crippen LogP contribution is -2.61. The molecule has 2 fully saturated rings. The maximum Gasteiger partial charge on any atom is 0.250 e. The summed E-state index contributed by atoms with van der Waals surface area (Å²) in [5.41, 5.74) is -0.0430. The fourth-order valence-corrected chi connectivity index (χ4v) is 5.87. The monoisotopic (exact) mass is 408 g/mol. The number of hydrogen-bond acceptors (Lipinski definition) is 2. The predicted octanol–water partition coefficient (Wildman–Crippen LogP) is 6.29. The standard InChI is InChI=1S/C25H42F2N2/c1-22(2,3)28-15-10-20(11-16-28)18-23(4,5)29-17-14-25(26,27)19-21(29)24(6)12-8-7-9-13-24/h7-9,12,20-21H,10-11,13-19H2,1-6H3/t21-,24?/m1/s1. The lowest BCUT2D eigenvalue weighted by molar-refractivity contribution is -0.127. The molecule has 2 atom stereocenters. The molecule has 0 amide bonds. The highest BCUT2D eigenvalue weighted by atomic mass is 19.3.